The lowest BCUT2D eigenvalue weighted by molar-refractivity contribution is -0.125. The third-order valence-electron chi connectivity index (χ3n) is 5.72. The van der Waals surface area contributed by atoms with Crippen LogP contribution in [0.1, 0.15) is 16.7 Å². The molecule has 0 atom stereocenters. The number of halogens is 1. The Morgan fingerprint density at radius 3 is 2.61 bits per heavy atom. The molecule has 0 aromatic heterocycles. The van der Waals surface area contributed by atoms with Gasteiger partial charge in [-0.2, -0.15) is 5.26 Å². The van der Waals surface area contributed by atoms with Gasteiger partial charge >= 0.3 is 0 Å². The highest BCUT2D eigenvalue weighted by molar-refractivity contribution is 8.00. The van der Waals surface area contributed by atoms with Crippen LogP contribution in [0.15, 0.2) is 71.6 Å². The quantitative estimate of drug-likeness (QED) is 0.433. The van der Waals surface area contributed by atoms with Crippen molar-refractivity contribution in [1.29, 1.82) is 5.26 Å². The maximum atomic E-state index is 12.9. The van der Waals surface area contributed by atoms with Crippen LogP contribution in [0.2, 0.25) is 5.02 Å². The van der Waals surface area contributed by atoms with E-state index >= 15 is 0 Å². The zero-order chi connectivity index (χ0) is 25.5. The van der Waals surface area contributed by atoms with Crippen molar-refractivity contribution >= 4 is 46.7 Å². The third kappa shape index (κ3) is 6.38. The Labute approximate surface area is 219 Å². The van der Waals surface area contributed by atoms with Gasteiger partial charge in [-0.15, -0.1) is 0 Å². The van der Waals surface area contributed by atoms with E-state index in [1.54, 1.807) is 17.0 Å². The zero-order valence-corrected chi connectivity index (χ0v) is 21.3. The van der Waals surface area contributed by atoms with Crippen molar-refractivity contribution in [1.82, 2.24) is 5.32 Å². The molecule has 0 bridgehead atoms. The summed E-state index contributed by atoms with van der Waals surface area (Å²) in [5.41, 5.74) is 4.04. The lowest BCUT2D eigenvalue weighted by Crippen LogP contribution is -2.41. The van der Waals surface area contributed by atoms with Gasteiger partial charge in [-0.25, -0.2) is 0 Å². The molecule has 0 saturated carbocycles. The fourth-order valence-electron chi connectivity index (χ4n) is 3.72. The fourth-order valence-corrected chi connectivity index (χ4v) is 4.88. The van der Waals surface area contributed by atoms with Gasteiger partial charge in [-0.3, -0.25) is 9.59 Å². The minimum atomic E-state index is -0.150. The molecule has 184 valence electrons. The van der Waals surface area contributed by atoms with Crippen LogP contribution in [0, 0.1) is 18.3 Å². The lowest BCUT2D eigenvalue weighted by Gasteiger charge is -2.27. The van der Waals surface area contributed by atoms with Crippen molar-refractivity contribution in [3.05, 3.63) is 88.4 Å². The summed E-state index contributed by atoms with van der Waals surface area (Å²) in [7, 11) is 0. The molecule has 1 heterocycles. The summed E-state index contributed by atoms with van der Waals surface area (Å²) in [5.74, 6) is -0.207. The predicted molar refractivity (Wildman–Crippen MR) is 142 cm³/mol. The highest BCUT2D eigenvalue weighted by Gasteiger charge is 2.20. The monoisotopic (exact) mass is 520 g/mol. The molecule has 2 amide bonds. The van der Waals surface area contributed by atoms with Crippen molar-refractivity contribution in [3.63, 3.8) is 0 Å². The van der Waals surface area contributed by atoms with Crippen LogP contribution in [0.4, 0.5) is 11.4 Å². The highest BCUT2D eigenvalue weighted by atomic mass is 35.5. The Hall–Kier alpha value is -3.51. The van der Waals surface area contributed by atoms with Gasteiger partial charge in [0.05, 0.1) is 23.9 Å². The highest BCUT2D eigenvalue weighted by Crippen LogP contribution is 2.34. The molecule has 1 saturated heterocycles. The van der Waals surface area contributed by atoms with Gasteiger partial charge in [0.15, 0.2) is 0 Å². The van der Waals surface area contributed by atoms with Crippen LogP contribution in [0.5, 0.6) is 0 Å². The molecule has 3 aromatic rings. The molecule has 0 aliphatic carbocycles. The minimum absolute atomic E-state index is 0.0570. The largest absolute Gasteiger partial charge is 0.370 e. The van der Waals surface area contributed by atoms with E-state index in [1.807, 2.05) is 65.8 Å². The first-order chi connectivity index (χ1) is 17.4. The Kier molecular flexibility index (Phi) is 8.49. The summed E-state index contributed by atoms with van der Waals surface area (Å²) in [5, 5.41) is 12.7. The number of benzene rings is 3. The first-order valence-corrected chi connectivity index (χ1v) is 12.5. The molecular weight excluding hydrogens is 496 g/mol. The number of hydrogen-bond acceptors (Lipinski definition) is 6. The number of nitriles is 1. The van der Waals surface area contributed by atoms with E-state index < -0.39 is 0 Å². The lowest BCUT2D eigenvalue weighted by atomic mass is 10.2. The average Bonchev–Trinajstić information content (AvgIpc) is 2.90. The van der Waals surface area contributed by atoms with E-state index in [-0.39, 0.29) is 25.0 Å². The molecular formula is C27H25ClN4O3S. The SMILES string of the molecule is Cc1c(Cl)cccc1N(CC(=O)NCc1ccc(N2CCOCC2=O)cc1)Sc1ccc(C#N)cc1. The molecule has 36 heavy (non-hydrogen) atoms. The molecule has 1 fully saturated rings. The molecule has 1 aliphatic heterocycles. The second-order valence-electron chi connectivity index (χ2n) is 8.19. The minimum Gasteiger partial charge on any atom is -0.370 e. The second-order valence-corrected chi connectivity index (χ2v) is 9.69. The number of amides is 2. The van der Waals surface area contributed by atoms with Gasteiger partial charge in [0.2, 0.25) is 5.91 Å². The molecule has 7 nitrogen and oxygen atoms in total. The molecule has 9 heteroatoms. The molecule has 0 spiro atoms. The Morgan fingerprint density at radius 1 is 1.17 bits per heavy atom. The maximum absolute atomic E-state index is 12.9. The van der Waals surface area contributed by atoms with E-state index in [4.69, 9.17) is 21.6 Å². The summed E-state index contributed by atoms with van der Waals surface area (Å²) >= 11 is 7.76. The Bertz CT molecular complexity index is 1280. The number of morpholine rings is 1. The second kappa shape index (κ2) is 12.0. The van der Waals surface area contributed by atoms with E-state index in [1.165, 1.54) is 11.9 Å². The number of carbonyl (C=O) groups is 2. The number of ether oxygens (including phenoxy) is 1. The number of hydrogen-bond donors (Lipinski definition) is 1. The van der Waals surface area contributed by atoms with Crippen molar-refractivity contribution in [2.24, 2.45) is 0 Å². The van der Waals surface area contributed by atoms with Gasteiger partial charge in [-0.05, 0) is 78.5 Å². The van der Waals surface area contributed by atoms with Crippen molar-refractivity contribution in [2.45, 2.75) is 18.4 Å². The first kappa shape index (κ1) is 25.6. The van der Waals surface area contributed by atoms with Gasteiger partial charge in [0.1, 0.15) is 13.2 Å². The van der Waals surface area contributed by atoms with Crippen molar-refractivity contribution in [3.8, 4) is 6.07 Å². The molecule has 3 aromatic carbocycles. The van der Waals surface area contributed by atoms with Crippen LogP contribution in [-0.4, -0.2) is 38.1 Å². The number of nitrogens with one attached hydrogen (secondary N) is 1. The van der Waals surface area contributed by atoms with Crippen LogP contribution in [0.3, 0.4) is 0 Å². The normalized spacial score (nSPS) is 13.2. The molecule has 0 radical (unpaired) electrons. The molecule has 1 N–H and O–H groups in total. The number of rotatable bonds is 8. The standard InChI is InChI=1S/C27H25ClN4O3S/c1-19-24(28)3-2-4-25(19)32(36-23-11-7-20(15-29)8-12-23)17-26(33)30-16-21-5-9-22(10-6-21)31-13-14-35-18-27(31)34/h2-12H,13-14,16-18H2,1H3,(H,30,33). The van der Waals surface area contributed by atoms with Gasteiger partial charge in [0.25, 0.3) is 5.91 Å². The Morgan fingerprint density at radius 2 is 1.92 bits per heavy atom. The van der Waals surface area contributed by atoms with Crippen LogP contribution in [0.25, 0.3) is 0 Å². The molecule has 1 aliphatic rings. The van der Waals surface area contributed by atoms with Crippen LogP contribution in [-0.2, 0) is 20.9 Å². The summed E-state index contributed by atoms with van der Waals surface area (Å²) in [6.07, 6.45) is 0. The number of carbonyl (C=O) groups excluding carboxylic acids is 2. The van der Waals surface area contributed by atoms with Gasteiger partial charge in [0, 0.05) is 28.7 Å². The van der Waals surface area contributed by atoms with Crippen LogP contribution < -0.4 is 14.5 Å². The smallest absolute Gasteiger partial charge is 0.253 e. The average molecular weight is 521 g/mol. The van der Waals surface area contributed by atoms with Gasteiger partial charge < -0.3 is 19.3 Å². The topological polar surface area (TPSA) is 85.7 Å². The summed E-state index contributed by atoms with van der Waals surface area (Å²) < 4.78 is 7.08. The molecule has 4 rings (SSSR count). The van der Waals surface area contributed by atoms with E-state index in [0.29, 0.717) is 30.3 Å². The van der Waals surface area contributed by atoms with Gasteiger partial charge in [-0.1, -0.05) is 29.8 Å². The fraction of sp³-hybridized carbons (Fsp3) is 0.222. The summed E-state index contributed by atoms with van der Waals surface area (Å²) in [6.45, 7) is 3.53. The summed E-state index contributed by atoms with van der Waals surface area (Å²) in [6, 6.07) is 22.5. The van der Waals surface area contributed by atoms with E-state index in [9.17, 15) is 9.59 Å². The zero-order valence-electron chi connectivity index (χ0n) is 19.7. The van der Waals surface area contributed by atoms with E-state index in [2.05, 4.69) is 11.4 Å². The molecule has 0 unspecified atom stereocenters. The first-order valence-electron chi connectivity index (χ1n) is 11.4. The Balaban J connectivity index is 1.42. The van der Waals surface area contributed by atoms with Crippen molar-refractivity contribution < 1.29 is 14.3 Å². The predicted octanol–water partition coefficient (Wildman–Crippen LogP) is 4.71. The maximum Gasteiger partial charge on any atom is 0.253 e. The summed E-state index contributed by atoms with van der Waals surface area (Å²) in [4.78, 5) is 27.6. The van der Waals surface area contributed by atoms with Crippen molar-refractivity contribution in [2.75, 3.05) is 35.5 Å². The van der Waals surface area contributed by atoms with E-state index in [0.717, 1.165) is 27.4 Å². The number of nitrogens with zero attached hydrogens (tertiary/aromatic N) is 3. The number of anilines is 2. The third-order valence-corrected chi connectivity index (χ3v) is 7.16. The van der Waals surface area contributed by atoms with Crippen LogP contribution >= 0.6 is 23.5 Å².